The Bertz CT molecular complexity index is 558. The van der Waals surface area contributed by atoms with Gasteiger partial charge >= 0.3 is 0 Å². The quantitative estimate of drug-likeness (QED) is 0.760. The summed E-state index contributed by atoms with van der Waals surface area (Å²) in [5, 5.41) is 11.6. The highest BCUT2D eigenvalue weighted by molar-refractivity contribution is 7.99. The molecule has 1 atom stereocenters. The summed E-state index contributed by atoms with van der Waals surface area (Å²) < 4.78 is 15.2. The van der Waals surface area contributed by atoms with Crippen LogP contribution in [-0.2, 0) is 6.54 Å². The second kappa shape index (κ2) is 8.14. The third-order valence-electron chi connectivity index (χ3n) is 3.10. The second-order valence-electron chi connectivity index (χ2n) is 4.76. The van der Waals surface area contributed by atoms with E-state index >= 15 is 0 Å². The molecule has 0 amide bonds. The van der Waals surface area contributed by atoms with Crippen molar-refractivity contribution in [2.45, 2.75) is 37.8 Å². The Hall–Kier alpha value is -1.40. The first-order valence-corrected chi connectivity index (χ1v) is 8.23. The van der Waals surface area contributed by atoms with Gasteiger partial charge in [0, 0.05) is 17.2 Å². The van der Waals surface area contributed by atoms with Crippen molar-refractivity contribution in [1.29, 1.82) is 0 Å². The van der Waals surface area contributed by atoms with Crippen LogP contribution in [0.1, 0.15) is 32.0 Å². The van der Waals surface area contributed by atoms with Gasteiger partial charge in [0.2, 0.25) is 0 Å². The fraction of sp³-hybridized carbons (Fsp3) is 0.467. The third kappa shape index (κ3) is 4.54. The van der Waals surface area contributed by atoms with Gasteiger partial charge in [-0.15, -0.1) is 16.9 Å². The number of halogens is 1. The second-order valence-corrected chi connectivity index (χ2v) is 5.85. The Kier molecular flexibility index (Phi) is 6.20. The van der Waals surface area contributed by atoms with Crippen molar-refractivity contribution in [2.24, 2.45) is 0 Å². The molecule has 1 unspecified atom stereocenters. The van der Waals surface area contributed by atoms with Crippen molar-refractivity contribution in [1.82, 2.24) is 20.3 Å². The first-order chi connectivity index (χ1) is 10.2. The van der Waals surface area contributed by atoms with E-state index in [1.807, 2.05) is 16.9 Å². The van der Waals surface area contributed by atoms with Crippen LogP contribution in [0.15, 0.2) is 35.4 Å². The highest BCUT2D eigenvalue weighted by Gasteiger charge is 2.16. The van der Waals surface area contributed by atoms with Crippen LogP contribution in [-0.4, -0.2) is 27.3 Å². The molecule has 1 aromatic heterocycles. The normalized spacial score (nSPS) is 12.5. The summed E-state index contributed by atoms with van der Waals surface area (Å²) in [6.07, 6.45) is 2.83. The van der Waals surface area contributed by atoms with E-state index in [-0.39, 0.29) is 11.9 Å². The molecule has 0 bridgehead atoms. The zero-order chi connectivity index (χ0) is 15.1. The summed E-state index contributed by atoms with van der Waals surface area (Å²) in [4.78, 5) is 0.937. The molecule has 2 aromatic rings. The van der Waals surface area contributed by atoms with Gasteiger partial charge in [0.05, 0.1) is 17.9 Å². The molecule has 0 radical (unpaired) electrons. The van der Waals surface area contributed by atoms with Crippen LogP contribution < -0.4 is 5.32 Å². The lowest BCUT2D eigenvalue weighted by Crippen LogP contribution is -2.25. The fourth-order valence-corrected chi connectivity index (χ4v) is 3.17. The van der Waals surface area contributed by atoms with E-state index in [2.05, 4.69) is 29.5 Å². The minimum atomic E-state index is -0.197. The number of benzene rings is 1. The van der Waals surface area contributed by atoms with Gasteiger partial charge in [0.25, 0.3) is 0 Å². The molecule has 0 saturated heterocycles. The van der Waals surface area contributed by atoms with Gasteiger partial charge in [-0.2, -0.15) is 0 Å². The van der Waals surface area contributed by atoms with Gasteiger partial charge in [0.15, 0.2) is 0 Å². The molecule has 0 aliphatic heterocycles. The molecule has 0 saturated carbocycles. The van der Waals surface area contributed by atoms with Crippen molar-refractivity contribution in [2.75, 3.05) is 12.3 Å². The van der Waals surface area contributed by atoms with Crippen molar-refractivity contribution in [3.63, 3.8) is 0 Å². The maximum Gasteiger partial charge on any atom is 0.124 e. The zero-order valence-corrected chi connectivity index (χ0v) is 13.2. The minimum Gasteiger partial charge on any atom is -0.308 e. The molecule has 2 rings (SSSR count). The summed E-state index contributed by atoms with van der Waals surface area (Å²) in [6.45, 7) is 5.93. The molecular weight excluding hydrogens is 287 g/mol. The van der Waals surface area contributed by atoms with E-state index < -0.39 is 0 Å². The molecule has 1 N–H and O–H groups in total. The fourth-order valence-electron chi connectivity index (χ4n) is 2.15. The maximum atomic E-state index is 13.2. The van der Waals surface area contributed by atoms with Gasteiger partial charge in [-0.3, -0.25) is 0 Å². The van der Waals surface area contributed by atoms with Crippen LogP contribution in [0.2, 0.25) is 0 Å². The van der Waals surface area contributed by atoms with Gasteiger partial charge in [-0.25, -0.2) is 9.07 Å². The summed E-state index contributed by atoms with van der Waals surface area (Å²) >= 11 is 1.64. The molecule has 114 valence electrons. The summed E-state index contributed by atoms with van der Waals surface area (Å²) in [7, 11) is 0. The number of rotatable bonds is 8. The van der Waals surface area contributed by atoms with E-state index in [1.54, 1.807) is 23.9 Å². The van der Waals surface area contributed by atoms with Crippen LogP contribution >= 0.6 is 11.8 Å². The number of thioether (sulfide) groups is 1. The van der Waals surface area contributed by atoms with Gasteiger partial charge in [-0.1, -0.05) is 25.1 Å². The number of nitrogens with zero attached hydrogens (tertiary/aromatic N) is 3. The summed E-state index contributed by atoms with van der Waals surface area (Å²) in [5.74, 6) is 0.617. The van der Waals surface area contributed by atoms with Crippen LogP contribution in [0.25, 0.3) is 0 Å². The number of nitrogens with one attached hydrogen (secondary N) is 1. The third-order valence-corrected chi connectivity index (χ3v) is 4.19. The van der Waals surface area contributed by atoms with Crippen molar-refractivity contribution in [3.05, 3.63) is 42.0 Å². The number of aromatic nitrogens is 3. The van der Waals surface area contributed by atoms with E-state index in [0.717, 1.165) is 35.9 Å². The first-order valence-electron chi connectivity index (χ1n) is 7.24. The molecule has 1 aromatic carbocycles. The number of hydrogen-bond acceptors (Lipinski definition) is 4. The Morgan fingerprint density at radius 3 is 2.95 bits per heavy atom. The van der Waals surface area contributed by atoms with Gasteiger partial charge in [0.1, 0.15) is 5.82 Å². The average Bonchev–Trinajstić information content (AvgIpc) is 2.92. The topological polar surface area (TPSA) is 42.7 Å². The molecule has 1 heterocycles. The van der Waals surface area contributed by atoms with Crippen molar-refractivity contribution >= 4 is 11.8 Å². The van der Waals surface area contributed by atoms with Crippen LogP contribution in [0.3, 0.4) is 0 Å². The monoisotopic (exact) mass is 308 g/mol. The number of aryl methyl sites for hydroxylation is 1. The minimum absolute atomic E-state index is 0.157. The first kappa shape index (κ1) is 16.0. The smallest absolute Gasteiger partial charge is 0.124 e. The van der Waals surface area contributed by atoms with Gasteiger partial charge < -0.3 is 5.32 Å². The van der Waals surface area contributed by atoms with E-state index in [9.17, 15) is 4.39 Å². The van der Waals surface area contributed by atoms with E-state index in [0.29, 0.717) is 0 Å². The average molecular weight is 308 g/mol. The molecule has 0 spiro atoms. The lowest BCUT2D eigenvalue weighted by molar-refractivity contribution is 0.501. The van der Waals surface area contributed by atoms with E-state index in [1.165, 1.54) is 6.07 Å². The Labute approximate surface area is 129 Å². The molecule has 0 aliphatic rings. The lowest BCUT2D eigenvalue weighted by Gasteiger charge is -2.18. The van der Waals surface area contributed by atoms with Crippen molar-refractivity contribution in [3.8, 4) is 0 Å². The molecule has 21 heavy (non-hydrogen) atoms. The number of hydrogen-bond donors (Lipinski definition) is 1. The standard InChI is InChI=1S/C15H21FN4S/c1-3-8-20-15(10-18-19-20)14(17-4-2)11-21-13-7-5-6-12(16)9-13/h5-7,9-10,14,17H,3-4,8,11H2,1-2H3. The van der Waals surface area contributed by atoms with Crippen molar-refractivity contribution < 1.29 is 4.39 Å². The Morgan fingerprint density at radius 1 is 1.38 bits per heavy atom. The van der Waals surface area contributed by atoms with Gasteiger partial charge in [-0.05, 0) is 31.2 Å². The molecule has 0 aliphatic carbocycles. The predicted octanol–water partition coefficient (Wildman–Crippen LogP) is 3.27. The predicted molar refractivity (Wildman–Crippen MR) is 83.9 cm³/mol. The van der Waals surface area contributed by atoms with Crippen LogP contribution in [0.5, 0.6) is 0 Å². The SMILES string of the molecule is CCCn1nncc1C(CSc1cccc(F)c1)NCC. The van der Waals surface area contributed by atoms with Crippen LogP contribution in [0, 0.1) is 5.82 Å². The largest absolute Gasteiger partial charge is 0.308 e. The highest BCUT2D eigenvalue weighted by atomic mass is 32.2. The maximum absolute atomic E-state index is 13.2. The van der Waals surface area contributed by atoms with Crippen LogP contribution in [0.4, 0.5) is 4.39 Å². The Balaban J connectivity index is 2.06. The molecule has 0 fully saturated rings. The Morgan fingerprint density at radius 2 is 2.24 bits per heavy atom. The zero-order valence-electron chi connectivity index (χ0n) is 12.4. The molecule has 4 nitrogen and oxygen atoms in total. The lowest BCUT2D eigenvalue weighted by atomic mass is 10.2. The summed E-state index contributed by atoms with van der Waals surface area (Å²) in [6, 6.07) is 6.85. The molecular formula is C15H21FN4S. The summed E-state index contributed by atoms with van der Waals surface area (Å²) in [5.41, 5.74) is 1.09. The highest BCUT2D eigenvalue weighted by Crippen LogP contribution is 2.25. The molecule has 6 heteroatoms. The van der Waals surface area contributed by atoms with E-state index in [4.69, 9.17) is 0 Å².